The Hall–Kier alpha value is 0.137. The van der Waals surface area contributed by atoms with Crippen LogP contribution in [0.25, 0.3) is 0 Å². The number of hydrogen-bond acceptors (Lipinski definition) is 2. The Morgan fingerprint density at radius 2 is 1.62 bits per heavy atom. The molecule has 0 N–H and O–H groups in total. The standard InChI is InChI=1S/C10H24O2Si/c1-3-11-10(12-4-2)8-6-5-7-9-13/h10H,3-9H2,1-2,13H3. The Balaban J connectivity index is 3.33. The van der Waals surface area contributed by atoms with Gasteiger partial charge in [-0.3, -0.25) is 0 Å². The molecule has 0 heterocycles. The average molecular weight is 204 g/mol. The van der Waals surface area contributed by atoms with Crippen molar-refractivity contribution in [3.8, 4) is 0 Å². The number of rotatable bonds is 9. The summed E-state index contributed by atoms with van der Waals surface area (Å²) in [6.07, 6.45) is 5.07. The van der Waals surface area contributed by atoms with E-state index in [2.05, 4.69) is 0 Å². The second-order valence-corrected chi connectivity index (χ2v) is 4.19. The molecular weight excluding hydrogens is 180 g/mol. The van der Waals surface area contributed by atoms with Gasteiger partial charge in [0.2, 0.25) is 0 Å². The largest absolute Gasteiger partial charge is 0.353 e. The minimum atomic E-state index is 0.0455. The van der Waals surface area contributed by atoms with Gasteiger partial charge in [-0.15, -0.1) is 0 Å². The van der Waals surface area contributed by atoms with Crippen molar-refractivity contribution in [1.29, 1.82) is 0 Å². The zero-order valence-corrected chi connectivity index (χ0v) is 11.3. The molecule has 0 bridgehead atoms. The minimum Gasteiger partial charge on any atom is -0.353 e. The van der Waals surface area contributed by atoms with Crippen LogP contribution in [0.1, 0.15) is 39.5 Å². The SMILES string of the molecule is CCOC(CCCCC[SiH3])OCC. The smallest absolute Gasteiger partial charge is 0.157 e. The molecule has 2 nitrogen and oxygen atoms in total. The lowest BCUT2D eigenvalue weighted by molar-refractivity contribution is -0.140. The van der Waals surface area contributed by atoms with Gasteiger partial charge in [0.05, 0.1) is 0 Å². The second kappa shape index (κ2) is 10.2. The fourth-order valence-electron chi connectivity index (χ4n) is 1.32. The highest BCUT2D eigenvalue weighted by Gasteiger charge is 2.06. The Kier molecular flexibility index (Phi) is 10.3. The van der Waals surface area contributed by atoms with Crippen LogP contribution in [0.5, 0.6) is 0 Å². The molecule has 0 aromatic heterocycles. The predicted octanol–water partition coefficient (Wildman–Crippen LogP) is 1.73. The Labute approximate surface area is 85.4 Å². The zero-order chi connectivity index (χ0) is 9.94. The maximum atomic E-state index is 5.45. The molecule has 0 aliphatic rings. The number of unbranched alkanes of at least 4 members (excludes halogenated alkanes) is 2. The van der Waals surface area contributed by atoms with Crippen molar-refractivity contribution in [2.24, 2.45) is 0 Å². The van der Waals surface area contributed by atoms with Gasteiger partial charge in [-0.1, -0.05) is 18.9 Å². The summed E-state index contributed by atoms with van der Waals surface area (Å²) in [5.41, 5.74) is 0. The number of hydrogen-bond donors (Lipinski definition) is 0. The van der Waals surface area contributed by atoms with Crippen LogP contribution in [0.4, 0.5) is 0 Å². The first kappa shape index (κ1) is 13.1. The van der Waals surface area contributed by atoms with E-state index < -0.39 is 0 Å². The Morgan fingerprint density at radius 3 is 2.08 bits per heavy atom. The molecular formula is C10H24O2Si. The quantitative estimate of drug-likeness (QED) is 0.323. The molecule has 0 aromatic rings. The van der Waals surface area contributed by atoms with Gasteiger partial charge in [-0.25, -0.2) is 0 Å². The molecule has 0 aromatic carbocycles. The normalized spacial score (nSPS) is 11.3. The molecule has 80 valence electrons. The van der Waals surface area contributed by atoms with Crippen molar-refractivity contribution < 1.29 is 9.47 Å². The maximum Gasteiger partial charge on any atom is 0.157 e. The van der Waals surface area contributed by atoms with E-state index >= 15 is 0 Å². The van der Waals surface area contributed by atoms with Crippen LogP contribution in [0.2, 0.25) is 6.04 Å². The fraction of sp³-hybridized carbons (Fsp3) is 1.00. The van der Waals surface area contributed by atoms with Crippen LogP contribution in [0, 0.1) is 0 Å². The highest BCUT2D eigenvalue weighted by Crippen LogP contribution is 2.09. The fourth-order valence-corrected chi connectivity index (χ4v) is 1.82. The molecule has 0 fully saturated rings. The zero-order valence-electron chi connectivity index (χ0n) is 9.34. The van der Waals surface area contributed by atoms with Crippen LogP contribution < -0.4 is 0 Å². The summed E-state index contributed by atoms with van der Waals surface area (Å²) in [5, 5.41) is 0. The molecule has 13 heavy (non-hydrogen) atoms. The topological polar surface area (TPSA) is 18.5 Å². The van der Waals surface area contributed by atoms with Crippen LogP contribution in [0.3, 0.4) is 0 Å². The van der Waals surface area contributed by atoms with E-state index in [9.17, 15) is 0 Å². The summed E-state index contributed by atoms with van der Waals surface area (Å²) >= 11 is 0. The molecule has 0 rings (SSSR count). The van der Waals surface area contributed by atoms with E-state index in [0.717, 1.165) is 19.6 Å². The molecule has 0 aliphatic heterocycles. The van der Waals surface area contributed by atoms with Crippen molar-refractivity contribution >= 4 is 10.2 Å². The van der Waals surface area contributed by atoms with Gasteiger partial charge < -0.3 is 9.47 Å². The van der Waals surface area contributed by atoms with E-state index in [1.54, 1.807) is 0 Å². The summed E-state index contributed by atoms with van der Waals surface area (Å²) in [4.78, 5) is 0. The van der Waals surface area contributed by atoms with Crippen molar-refractivity contribution in [3.63, 3.8) is 0 Å². The Morgan fingerprint density at radius 1 is 1.00 bits per heavy atom. The van der Waals surface area contributed by atoms with Gasteiger partial charge in [0.1, 0.15) is 0 Å². The molecule has 0 spiro atoms. The highest BCUT2D eigenvalue weighted by molar-refractivity contribution is 6.08. The molecule has 0 unspecified atom stereocenters. The molecule has 0 atom stereocenters. The van der Waals surface area contributed by atoms with E-state index in [1.807, 2.05) is 13.8 Å². The average Bonchev–Trinajstić information content (AvgIpc) is 2.13. The number of ether oxygens (including phenoxy) is 2. The lowest BCUT2D eigenvalue weighted by Gasteiger charge is -2.16. The first-order chi connectivity index (χ1) is 6.35. The van der Waals surface area contributed by atoms with Crippen LogP contribution in [-0.2, 0) is 9.47 Å². The predicted molar refractivity (Wildman–Crippen MR) is 60.3 cm³/mol. The molecule has 0 saturated heterocycles. The molecule has 0 amide bonds. The van der Waals surface area contributed by atoms with Gasteiger partial charge in [0.15, 0.2) is 6.29 Å². The summed E-state index contributed by atoms with van der Waals surface area (Å²) in [6, 6.07) is 1.42. The van der Waals surface area contributed by atoms with Crippen molar-refractivity contribution in [3.05, 3.63) is 0 Å². The summed E-state index contributed by atoms with van der Waals surface area (Å²) < 4.78 is 10.9. The van der Waals surface area contributed by atoms with Gasteiger partial charge in [0, 0.05) is 23.5 Å². The van der Waals surface area contributed by atoms with Crippen LogP contribution in [0.15, 0.2) is 0 Å². The lowest BCUT2D eigenvalue weighted by Crippen LogP contribution is -2.17. The molecule has 0 radical (unpaired) electrons. The van der Waals surface area contributed by atoms with Gasteiger partial charge in [0.25, 0.3) is 0 Å². The lowest BCUT2D eigenvalue weighted by atomic mass is 10.2. The van der Waals surface area contributed by atoms with E-state index in [0.29, 0.717) is 0 Å². The highest BCUT2D eigenvalue weighted by atomic mass is 28.1. The first-order valence-corrected chi connectivity index (χ1v) is 6.99. The monoisotopic (exact) mass is 204 g/mol. The third kappa shape index (κ3) is 8.47. The second-order valence-electron chi connectivity index (χ2n) is 3.19. The molecule has 0 aliphatic carbocycles. The summed E-state index contributed by atoms with van der Waals surface area (Å²) in [6.45, 7) is 5.55. The van der Waals surface area contributed by atoms with Crippen molar-refractivity contribution in [2.45, 2.75) is 51.9 Å². The van der Waals surface area contributed by atoms with Gasteiger partial charge in [-0.05, 0) is 26.7 Å². The van der Waals surface area contributed by atoms with Gasteiger partial charge >= 0.3 is 0 Å². The third-order valence-electron chi connectivity index (χ3n) is 2.00. The summed E-state index contributed by atoms with van der Waals surface area (Å²) in [7, 11) is 1.34. The van der Waals surface area contributed by atoms with Crippen LogP contribution in [-0.4, -0.2) is 29.7 Å². The van der Waals surface area contributed by atoms with Gasteiger partial charge in [-0.2, -0.15) is 0 Å². The molecule has 3 heteroatoms. The van der Waals surface area contributed by atoms with Crippen LogP contribution >= 0.6 is 0 Å². The molecule has 0 saturated carbocycles. The van der Waals surface area contributed by atoms with E-state index in [1.165, 1.54) is 35.5 Å². The first-order valence-electron chi connectivity index (χ1n) is 5.58. The third-order valence-corrected chi connectivity index (χ3v) is 2.71. The van der Waals surface area contributed by atoms with E-state index in [4.69, 9.17) is 9.47 Å². The minimum absolute atomic E-state index is 0.0455. The Bertz CT molecular complexity index is 92.9. The summed E-state index contributed by atoms with van der Waals surface area (Å²) in [5.74, 6) is 0. The van der Waals surface area contributed by atoms with E-state index in [-0.39, 0.29) is 6.29 Å². The van der Waals surface area contributed by atoms with Crippen molar-refractivity contribution in [2.75, 3.05) is 13.2 Å². The maximum absolute atomic E-state index is 5.45. The van der Waals surface area contributed by atoms with Crippen molar-refractivity contribution in [1.82, 2.24) is 0 Å².